The van der Waals surface area contributed by atoms with E-state index in [1.54, 1.807) is 24.0 Å². The Kier molecular flexibility index (Phi) is 8.88. The minimum absolute atomic E-state index is 0.00755. The molecule has 9 heteroatoms. The number of carbonyl (C=O) groups excluding carboxylic acids is 3. The van der Waals surface area contributed by atoms with E-state index in [0.717, 1.165) is 0 Å². The Morgan fingerprint density at radius 1 is 1.23 bits per heavy atom. The summed E-state index contributed by atoms with van der Waals surface area (Å²) >= 11 is 0. The summed E-state index contributed by atoms with van der Waals surface area (Å²) in [5.74, 6) is -0.537. The molecule has 0 spiro atoms. The number of piperazine rings is 1. The zero-order valence-electron chi connectivity index (χ0n) is 21.3. The van der Waals surface area contributed by atoms with E-state index in [1.807, 2.05) is 32.6 Å². The van der Waals surface area contributed by atoms with Crippen molar-refractivity contribution >= 4 is 17.9 Å². The second-order valence-corrected chi connectivity index (χ2v) is 9.53. The Morgan fingerprint density at radius 2 is 1.97 bits per heavy atom. The van der Waals surface area contributed by atoms with Gasteiger partial charge in [0, 0.05) is 50.9 Å². The summed E-state index contributed by atoms with van der Waals surface area (Å²) in [6.07, 6.45) is 0.515. The first-order valence-electron chi connectivity index (χ1n) is 12.4. The Bertz CT molecular complexity index is 980. The molecule has 2 atom stereocenters. The van der Waals surface area contributed by atoms with Crippen molar-refractivity contribution in [1.29, 1.82) is 0 Å². The lowest BCUT2D eigenvalue weighted by atomic mass is 9.94. The smallest absolute Gasteiger partial charge is 0.338 e. The van der Waals surface area contributed by atoms with E-state index in [4.69, 9.17) is 4.74 Å². The highest BCUT2D eigenvalue weighted by molar-refractivity contribution is 5.95. The second-order valence-electron chi connectivity index (χ2n) is 9.53. The number of rotatable bonds is 8. The molecule has 1 fully saturated rings. The van der Waals surface area contributed by atoms with E-state index in [0.29, 0.717) is 61.9 Å². The predicted molar refractivity (Wildman–Crippen MR) is 131 cm³/mol. The third-order valence-corrected chi connectivity index (χ3v) is 6.42. The number of carbonyl (C=O) groups is 3. The van der Waals surface area contributed by atoms with Gasteiger partial charge in [-0.2, -0.15) is 0 Å². The highest BCUT2D eigenvalue weighted by Crippen LogP contribution is 2.32. The molecule has 8 nitrogen and oxygen atoms in total. The largest absolute Gasteiger partial charge is 0.463 e. The molecule has 3 rings (SSSR count). The SMILES string of the molecule is CCOC(=O)C1=C(CN2CCN(C(=O)CC(C)C)[C@@H](C)C2)N(CC)C(=O)N[C@H]1c1cccc(F)c1. The van der Waals surface area contributed by atoms with Crippen LogP contribution in [0.2, 0.25) is 0 Å². The maximum absolute atomic E-state index is 14.0. The Hall–Kier alpha value is -2.94. The molecule has 2 heterocycles. The topological polar surface area (TPSA) is 82.2 Å². The van der Waals surface area contributed by atoms with Crippen LogP contribution >= 0.6 is 0 Å². The maximum atomic E-state index is 14.0. The van der Waals surface area contributed by atoms with Crippen molar-refractivity contribution in [3.8, 4) is 0 Å². The zero-order valence-corrected chi connectivity index (χ0v) is 21.3. The summed E-state index contributed by atoms with van der Waals surface area (Å²) in [4.78, 5) is 44.5. The second kappa shape index (κ2) is 11.7. The minimum atomic E-state index is -0.818. The van der Waals surface area contributed by atoms with Gasteiger partial charge in [-0.1, -0.05) is 26.0 Å². The lowest BCUT2D eigenvalue weighted by Crippen LogP contribution is -2.56. The number of hydrogen-bond donors (Lipinski definition) is 1. The number of halogens is 1. The van der Waals surface area contributed by atoms with Gasteiger partial charge in [0.15, 0.2) is 0 Å². The van der Waals surface area contributed by atoms with Gasteiger partial charge in [-0.3, -0.25) is 14.6 Å². The molecule has 0 aromatic heterocycles. The molecule has 0 aliphatic carbocycles. The molecule has 2 aliphatic heterocycles. The van der Waals surface area contributed by atoms with Crippen molar-refractivity contribution in [3.05, 3.63) is 46.9 Å². The fourth-order valence-electron chi connectivity index (χ4n) is 4.82. The summed E-state index contributed by atoms with van der Waals surface area (Å²) in [5.41, 5.74) is 1.34. The van der Waals surface area contributed by atoms with Crippen molar-refractivity contribution in [1.82, 2.24) is 20.0 Å². The van der Waals surface area contributed by atoms with Crippen LogP contribution in [0.1, 0.15) is 52.6 Å². The van der Waals surface area contributed by atoms with Crippen LogP contribution in [0.25, 0.3) is 0 Å². The van der Waals surface area contributed by atoms with Crippen molar-refractivity contribution in [3.63, 3.8) is 0 Å². The summed E-state index contributed by atoms with van der Waals surface area (Å²) < 4.78 is 19.4. The molecule has 3 amide bonds. The molecule has 1 N–H and O–H groups in total. The van der Waals surface area contributed by atoms with Crippen LogP contribution in [0.15, 0.2) is 35.5 Å². The van der Waals surface area contributed by atoms with Crippen LogP contribution in [0.4, 0.5) is 9.18 Å². The molecule has 1 aromatic rings. The summed E-state index contributed by atoms with van der Waals surface area (Å²) in [7, 11) is 0. The number of likely N-dealkylation sites (N-methyl/N-ethyl adjacent to an activating group) is 1. The normalized spacial score (nSPS) is 21.4. The van der Waals surface area contributed by atoms with Crippen LogP contribution in [-0.2, 0) is 14.3 Å². The van der Waals surface area contributed by atoms with Crippen LogP contribution in [0.5, 0.6) is 0 Å². The molecule has 192 valence electrons. The monoisotopic (exact) mass is 488 g/mol. The minimum Gasteiger partial charge on any atom is -0.463 e. The molecule has 0 bridgehead atoms. The van der Waals surface area contributed by atoms with Gasteiger partial charge in [-0.15, -0.1) is 0 Å². The average Bonchev–Trinajstić information content (AvgIpc) is 2.78. The van der Waals surface area contributed by atoms with Crippen molar-refractivity contribution in [2.24, 2.45) is 5.92 Å². The number of nitrogens with one attached hydrogen (secondary N) is 1. The van der Waals surface area contributed by atoms with Gasteiger partial charge in [-0.25, -0.2) is 14.0 Å². The Morgan fingerprint density at radius 3 is 2.57 bits per heavy atom. The predicted octanol–water partition coefficient (Wildman–Crippen LogP) is 3.31. The number of benzene rings is 1. The van der Waals surface area contributed by atoms with Crippen molar-refractivity contribution < 1.29 is 23.5 Å². The third kappa shape index (κ3) is 6.20. The number of amides is 3. The molecule has 1 saturated heterocycles. The number of esters is 1. The average molecular weight is 489 g/mol. The first kappa shape index (κ1) is 26.7. The quantitative estimate of drug-likeness (QED) is 0.568. The number of ether oxygens (including phenoxy) is 1. The lowest BCUT2D eigenvalue weighted by molar-refractivity contribution is -0.139. The van der Waals surface area contributed by atoms with Crippen molar-refractivity contribution in [2.45, 2.75) is 53.1 Å². The molecule has 35 heavy (non-hydrogen) atoms. The Labute approximate surface area is 207 Å². The first-order chi connectivity index (χ1) is 16.7. The van der Waals surface area contributed by atoms with Gasteiger partial charge in [0.25, 0.3) is 0 Å². The summed E-state index contributed by atoms with van der Waals surface area (Å²) in [6.45, 7) is 12.4. The zero-order chi connectivity index (χ0) is 25.7. The van der Waals surface area contributed by atoms with Gasteiger partial charge in [0.05, 0.1) is 18.2 Å². The molecule has 1 aromatic carbocycles. The highest BCUT2D eigenvalue weighted by Gasteiger charge is 2.39. The Balaban J connectivity index is 1.94. The lowest BCUT2D eigenvalue weighted by Gasteiger charge is -2.43. The summed E-state index contributed by atoms with van der Waals surface area (Å²) in [5, 5.41) is 2.86. The number of urea groups is 1. The molecular formula is C26H37FN4O4. The van der Waals surface area contributed by atoms with Crippen LogP contribution < -0.4 is 5.32 Å². The van der Waals surface area contributed by atoms with E-state index in [9.17, 15) is 18.8 Å². The van der Waals surface area contributed by atoms with E-state index in [2.05, 4.69) is 10.2 Å². The maximum Gasteiger partial charge on any atom is 0.338 e. The van der Waals surface area contributed by atoms with Crippen LogP contribution in [0.3, 0.4) is 0 Å². The molecular weight excluding hydrogens is 451 g/mol. The molecule has 0 radical (unpaired) electrons. The summed E-state index contributed by atoms with van der Waals surface area (Å²) in [6, 6.07) is 4.74. The van der Waals surface area contributed by atoms with E-state index in [1.165, 1.54) is 12.1 Å². The van der Waals surface area contributed by atoms with Gasteiger partial charge in [-0.05, 0) is 44.4 Å². The molecule has 0 unspecified atom stereocenters. The van der Waals surface area contributed by atoms with Gasteiger partial charge >= 0.3 is 12.0 Å². The highest BCUT2D eigenvalue weighted by atomic mass is 19.1. The van der Waals surface area contributed by atoms with Crippen molar-refractivity contribution in [2.75, 3.05) is 39.3 Å². The van der Waals surface area contributed by atoms with Gasteiger partial charge in [0.2, 0.25) is 5.91 Å². The number of hydrogen-bond acceptors (Lipinski definition) is 5. The van der Waals surface area contributed by atoms with E-state index >= 15 is 0 Å². The van der Waals surface area contributed by atoms with Crippen LogP contribution in [-0.4, -0.2) is 78.0 Å². The van der Waals surface area contributed by atoms with E-state index in [-0.39, 0.29) is 24.6 Å². The standard InChI is InChI=1S/C26H37FN4O4/c1-6-30-21(16-29-11-12-31(18(5)15-29)22(32)13-17(3)4)23(25(33)35-7-2)24(28-26(30)34)19-9-8-10-20(27)14-19/h8-10,14,17-18,24H,6-7,11-13,15-16H2,1-5H3,(H,28,34)/t18-,24-/m0/s1. The van der Waals surface area contributed by atoms with Gasteiger partial charge < -0.3 is 15.0 Å². The molecule has 2 aliphatic rings. The van der Waals surface area contributed by atoms with Crippen LogP contribution in [0, 0.1) is 11.7 Å². The van der Waals surface area contributed by atoms with Gasteiger partial charge in [0.1, 0.15) is 5.82 Å². The molecule has 0 saturated carbocycles. The third-order valence-electron chi connectivity index (χ3n) is 6.42. The fourth-order valence-corrected chi connectivity index (χ4v) is 4.82. The fraction of sp³-hybridized carbons (Fsp3) is 0.577. The first-order valence-corrected chi connectivity index (χ1v) is 12.4. The number of nitrogens with zero attached hydrogens (tertiary/aromatic N) is 3. The van der Waals surface area contributed by atoms with E-state index < -0.39 is 17.8 Å².